The summed E-state index contributed by atoms with van der Waals surface area (Å²) in [6.07, 6.45) is 2.52. The minimum absolute atomic E-state index is 0.146. The van der Waals surface area contributed by atoms with Gasteiger partial charge in [0.05, 0.1) is 16.4 Å². The molecule has 0 aliphatic carbocycles. The Kier molecular flexibility index (Phi) is 3.08. The van der Waals surface area contributed by atoms with E-state index in [0.29, 0.717) is 11.7 Å². The molecule has 0 radical (unpaired) electrons. The Morgan fingerprint density at radius 1 is 1.28 bits per heavy atom. The number of nitrogen functional groups attached to an aromatic ring is 1. The summed E-state index contributed by atoms with van der Waals surface area (Å²) in [5.41, 5.74) is 7.25. The maximum absolute atomic E-state index is 13.3. The van der Waals surface area contributed by atoms with Crippen molar-refractivity contribution in [3.63, 3.8) is 0 Å². The van der Waals surface area contributed by atoms with E-state index >= 15 is 0 Å². The summed E-state index contributed by atoms with van der Waals surface area (Å²) in [7, 11) is 0. The molecule has 98 valence electrons. The Labute approximate surface area is 111 Å². The molecule has 2 fully saturated rings. The quantitative estimate of drug-likeness (QED) is 0.795. The summed E-state index contributed by atoms with van der Waals surface area (Å²) < 4.78 is 13.3. The topological polar surface area (TPSA) is 32.5 Å². The van der Waals surface area contributed by atoms with Gasteiger partial charge in [0.2, 0.25) is 0 Å². The van der Waals surface area contributed by atoms with Crippen LogP contribution in [0.25, 0.3) is 0 Å². The van der Waals surface area contributed by atoms with E-state index in [-0.39, 0.29) is 5.02 Å². The third-order valence-electron chi connectivity index (χ3n) is 4.00. The van der Waals surface area contributed by atoms with Crippen LogP contribution in [0.15, 0.2) is 12.1 Å². The Morgan fingerprint density at radius 3 is 2.94 bits per heavy atom. The number of hydrogen-bond donors (Lipinski definition) is 1. The van der Waals surface area contributed by atoms with Crippen LogP contribution >= 0.6 is 11.6 Å². The Hall–Kier alpha value is -1.00. The molecular formula is C13H17ClFN3. The Morgan fingerprint density at radius 2 is 2.11 bits per heavy atom. The third-order valence-corrected chi connectivity index (χ3v) is 4.29. The highest BCUT2D eigenvalue weighted by molar-refractivity contribution is 6.31. The lowest BCUT2D eigenvalue weighted by molar-refractivity contribution is 0.231. The van der Waals surface area contributed by atoms with Crippen molar-refractivity contribution in [2.75, 3.05) is 36.8 Å². The van der Waals surface area contributed by atoms with E-state index in [2.05, 4.69) is 9.80 Å². The Balaban J connectivity index is 1.84. The minimum Gasteiger partial charge on any atom is -0.397 e. The van der Waals surface area contributed by atoms with Crippen molar-refractivity contribution < 1.29 is 4.39 Å². The zero-order chi connectivity index (χ0) is 12.7. The number of hydrogen-bond acceptors (Lipinski definition) is 3. The van der Waals surface area contributed by atoms with Crippen molar-refractivity contribution >= 4 is 23.0 Å². The SMILES string of the molecule is Nc1cc(F)c(Cl)cc1N1CCN2CCCC2C1. The van der Waals surface area contributed by atoms with Crippen LogP contribution in [0.1, 0.15) is 12.8 Å². The Bertz CT molecular complexity index is 466. The fraction of sp³-hybridized carbons (Fsp3) is 0.538. The molecule has 0 spiro atoms. The average Bonchev–Trinajstić information content (AvgIpc) is 2.80. The fourth-order valence-corrected chi connectivity index (χ4v) is 3.19. The van der Waals surface area contributed by atoms with Gasteiger partial charge >= 0.3 is 0 Å². The maximum Gasteiger partial charge on any atom is 0.143 e. The molecule has 5 heteroatoms. The average molecular weight is 270 g/mol. The largest absolute Gasteiger partial charge is 0.397 e. The molecular weight excluding hydrogens is 253 g/mol. The van der Waals surface area contributed by atoms with E-state index in [9.17, 15) is 4.39 Å². The number of benzene rings is 1. The molecule has 2 saturated heterocycles. The molecule has 2 aliphatic rings. The first kappa shape index (κ1) is 12.1. The molecule has 2 heterocycles. The lowest BCUT2D eigenvalue weighted by Crippen LogP contribution is -2.50. The zero-order valence-corrected chi connectivity index (χ0v) is 11.0. The summed E-state index contributed by atoms with van der Waals surface area (Å²) >= 11 is 5.85. The predicted molar refractivity (Wildman–Crippen MR) is 72.6 cm³/mol. The van der Waals surface area contributed by atoms with Gasteiger partial charge in [-0.3, -0.25) is 4.90 Å². The first-order valence-corrected chi connectivity index (χ1v) is 6.76. The van der Waals surface area contributed by atoms with Crippen molar-refractivity contribution in [1.29, 1.82) is 0 Å². The molecule has 3 rings (SSSR count). The summed E-state index contributed by atoms with van der Waals surface area (Å²) in [6, 6.07) is 3.58. The first-order chi connectivity index (χ1) is 8.65. The van der Waals surface area contributed by atoms with E-state index in [1.165, 1.54) is 25.5 Å². The lowest BCUT2D eigenvalue weighted by Gasteiger charge is -2.39. The number of piperazine rings is 1. The van der Waals surface area contributed by atoms with Crippen molar-refractivity contribution in [1.82, 2.24) is 4.90 Å². The van der Waals surface area contributed by atoms with Gasteiger partial charge in [-0.15, -0.1) is 0 Å². The zero-order valence-electron chi connectivity index (χ0n) is 10.2. The molecule has 0 aromatic heterocycles. The van der Waals surface area contributed by atoms with Gasteiger partial charge in [0, 0.05) is 31.7 Å². The van der Waals surface area contributed by atoms with E-state index in [4.69, 9.17) is 17.3 Å². The third kappa shape index (κ3) is 2.04. The van der Waals surface area contributed by atoms with Crippen molar-refractivity contribution in [2.24, 2.45) is 0 Å². The highest BCUT2D eigenvalue weighted by atomic mass is 35.5. The fourth-order valence-electron chi connectivity index (χ4n) is 3.04. The highest BCUT2D eigenvalue weighted by Crippen LogP contribution is 2.32. The standard InChI is InChI=1S/C13H17ClFN3/c14-10-6-13(12(16)7-11(10)15)18-5-4-17-3-1-2-9(17)8-18/h6-7,9H,1-5,8,16H2. The van der Waals surface area contributed by atoms with E-state index in [0.717, 1.165) is 25.3 Å². The predicted octanol–water partition coefficient (Wildman–Crippen LogP) is 2.35. The second-order valence-electron chi connectivity index (χ2n) is 5.10. The summed E-state index contributed by atoms with van der Waals surface area (Å²) in [6.45, 7) is 4.16. The molecule has 2 N–H and O–H groups in total. The monoisotopic (exact) mass is 269 g/mol. The highest BCUT2D eigenvalue weighted by Gasteiger charge is 2.31. The molecule has 0 amide bonds. The van der Waals surface area contributed by atoms with Gasteiger partial charge in [0.15, 0.2) is 0 Å². The molecule has 18 heavy (non-hydrogen) atoms. The van der Waals surface area contributed by atoms with Crippen LogP contribution in [0.2, 0.25) is 5.02 Å². The molecule has 0 bridgehead atoms. The molecule has 1 unspecified atom stereocenters. The van der Waals surface area contributed by atoms with Crippen LogP contribution < -0.4 is 10.6 Å². The summed E-state index contributed by atoms with van der Waals surface area (Å²) in [4.78, 5) is 4.75. The van der Waals surface area contributed by atoms with Crippen LogP contribution in [0, 0.1) is 5.82 Å². The van der Waals surface area contributed by atoms with Gasteiger partial charge in [-0.05, 0) is 25.5 Å². The van der Waals surface area contributed by atoms with Gasteiger partial charge in [-0.2, -0.15) is 0 Å². The van der Waals surface area contributed by atoms with Crippen molar-refractivity contribution in [3.8, 4) is 0 Å². The van der Waals surface area contributed by atoms with Crippen LogP contribution in [-0.2, 0) is 0 Å². The van der Waals surface area contributed by atoms with Gasteiger partial charge in [-0.25, -0.2) is 4.39 Å². The molecule has 1 atom stereocenters. The number of nitrogens with two attached hydrogens (primary N) is 1. The minimum atomic E-state index is -0.447. The van der Waals surface area contributed by atoms with Crippen molar-refractivity contribution in [3.05, 3.63) is 23.0 Å². The van der Waals surface area contributed by atoms with E-state index < -0.39 is 5.82 Å². The van der Waals surface area contributed by atoms with E-state index in [1.54, 1.807) is 6.07 Å². The number of anilines is 2. The van der Waals surface area contributed by atoms with Gasteiger partial charge in [0.1, 0.15) is 5.82 Å². The molecule has 1 aromatic rings. The molecule has 3 nitrogen and oxygen atoms in total. The number of fused-ring (bicyclic) bond motifs is 1. The van der Waals surface area contributed by atoms with E-state index in [1.807, 2.05) is 0 Å². The smallest absolute Gasteiger partial charge is 0.143 e. The summed E-state index contributed by atoms with van der Waals surface area (Å²) in [5.74, 6) is -0.447. The second kappa shape index (κ2) is 4.59. The van der Waals surface area contributed by atoms with Gasteiger partial charge < -0.3 is 10.6 Å². The van der Waals surface area contributed by atoms with Crippen LogP contribution in [0.4, 0.5) is 15.8 Å². The second-order valence-corrected chi connectivity index (χ2v) is 5.51. The number of rotatable bonds is 1. The van der Waals surface area contributed by atoms with Crippen molar-refractivity contribution in [2.45, 2.75) is 18.9 Å². The molecule has 1 aromatic carbocycles. The van der Waals surface area contributed by atoms with Gasteiger partial charge in [0.25, 0.3) is 0 Å². The van der Waals surface area contributed by atoms with Crippen LogP contribution in [0.5, 0.6) is 0 Å². The number of nitrogens with zero attached hydrogens (tertiary/aromatic N) is 2. The normalized spacial score (nSPS) is 24.3. The van der Waals surface area contributed by atoms with Crippen LogP contribution in [-0.4, -0.2) is 37.1 Å². The summed E-state index contributed by atoms with van der Waals surface area (Å²) in [5, 5.41) is 0.146. The molecule has 2 aliphatic heterocycles. The maximum atomic E-state index is 13.3. The lowest BCUT2D eigenvalue weighted by atomic mass is 10.1. The number of halogens is 2. The van der Waals surface area contributed by atoms with Crippen LogP contribution in [0.3, 0.4) is 0 Å². The van der Waals surface area contributed by atoms with Gasteiger partial charge in [-0.1, -0.05) is 11.6 Å². The molecule has 0 saturated carbocycles. The first-order valence-electron chi connectivity index (χ1n) is 6.38.